The minimum absolute atomic E-state index is 1.21. The number of hydrogen-bond donors (Lipinski definition) is 0. The smallest absolute Gasteiger partial charge is 0.0492 e. The van der Waals surface area contributed by atoms with E-state index in [0.29, 0.717) is 0 Å². The Morgan fingerprint density at radius 3 is 1.72 bits per heavy atom. The summed E-state index contributed by atoms with van der Waals surface area (Å²) >= 11 is 0. The lowest BCUT2D eigenvalue weighted by molar-refractivity contribution is 0.899. The molecule has 1 aliphatic carbocycles. The molecule has 0 fully saturated rings. The van der Waals surface area contributed by atoms with Crippen molar-refractivity contribution in [1.82, 2.24) is 0 Å². The van der Waals surface area contributed by atoms with Crippen molar-refractivity contribution in [3.05, 3.63) is 89.4 Å². The fourth-order valence-electron chi connectivity index (χ4n) is 2.65. The van der Waals surface area contributed by atoms with Crippen molar-refractivity contribution >= 4 is 0 Å². The van der Waals surface area contributed by atoms with Gasteiger partial charge in [0, 0.05) is 5.57 Å². The summed E-state index contributed by atoms with van der Waals surface area (Å²) in [6.45, 7) is 0. The predicted octanol–water partition coefficient (Wildman–Crippen LogP) is 4.77. The van der Waals surface area contributed by atoms with Gasteiger partial charge < -0.3 is 0 Å². The van der Waals surface area contributed by atoms with E-state index in [1.165, 1.54) is 41.9 Å². The first-order chi connectivity index (χ1) is 8.95. The molecule has 0 radical (unpaired) electrons. The molecule has 0 heteroatoms. The Balaban J connectivity index is 2.04. The van der Waals surface area contributed by atoms with Gasteiger partial charge in [-0.2, -0.15) is 0 Å². The van der Waals surface area contributed by atoms with E-state index in [2.05, 4.69) is 66.7 Å². The third kappa shape index (κ3) is 2.19. The van der Waals surface area contributed by atoms with Crippen LogP contribution in [0.3, 0.4) is 0 Å². The molecule has 0 saturated heterocycles. The summed E-state index contributed by atoms with van der Waals surface area (Å²) < 4.78 is 0. The monoisotopic (exact) mass is 233 g/mol. The lowest BCUT2D eigenvalue weighted by atomic mass is 9.84. The molecule has 1 aliphatic rings. The summed E-state index contributed by atoms with van der Waals surface area (Å²) in [7, 11) is 0. The SMILES string of the molecule is C1=C([C+](c2ccccc2)c2ccccc2)CCC1. The van der Waals surface area contributed by atoms with Gasteiger partial charge in [0.05, 0.1) is 17.0 Å². The molecule has 0 aromatic heterocycles. The molecular formula is C18H17+. The molecule has 2 aromatic carbocycles. The molecule has 0 saturated carbocycles. The maximum absolute atomic E-state index is 2.40. The van der Waals surface area contributed by atoms with Crippen LogP contribution in [0.4, 0.5) is 0 Å². The first-order valence-corrected chi connectivity index (χ1v) is 6.62. The first-order valence-electron chi connectivity index (χ1n) is 6.62. The van der Waals surface area contributed by atoms with Crippen molar-refractivity contribution in [2.75, 3.05) is 0 Å². The van der Waals surface area contributed by atoms with Gasteiger partial charge in [-0.15, -0.1) is 0 Å². The van der Waals surface area contributed by atoms with E-state index in [0.717, 1.165) is 0 Å². The van der Waals surface area contributed by atoms with Crippen LogP contribution in [0.25, 0.3) is 0 Å². The summed E-state index contributed by atoms with van der Waals surface area (Å²) in [5.41, 5.74) is 4.17. The average Bonchev–Trinajstić information content (AvgIpc) is 2.95. The Morgan fingerprint density at radius 1 is 0.722 bits per heavy atom. The summed E-state index contributed by atoms with van der Waals surface area (Å²) in [5, 5.41) is 0. The fraction of sp³-hybridized carbons (Fsp3) is 0.167. The quantitative estimate of drug-likeness (QED) is 0.670. The molecule has 0 nitrogen and oxygen atoms in total. The van der Waals surface area contributed by atoms with Gasteiger partial charge in [-0.05, 0) is 86.0 Å². The van der Waals surface area contributed by atoms with Gasteiger partial charge in [0.1, 0.15) is 0 Å². The van der Waals surface area contributed by atoms with Gasteiger partial charge in [-0.3, -0.25) is 0 Å². The van der Waals surface area contributed by atoms with Gasteiger partial charge in [0.15, 0.2) is 0 Å². The molecule has 18 heavy (non-hydrogen) atoms. The zero-order valence-electron chi connectivity index (χ0n) is 10.5. The zero-order chi connectivity index (χ0) is 12.2. The minimum Gasteiger partial charge on any atom is -0.0492 e. The molecule has 0 spiro atoms. The number of hydrogen-bond acceptors (Lipinski definition) is 0. The van der Waals surface area contributed by atoms with E-state index < -0.39 is 0 Å². The van der Waals surface area contributed by atoms with Crippen molar-refractivity contribution in [3.63, 3.8) is 0 Å². The van der Waals surface area contributed by atoms with Crippen LogP contribution in [-0.4, -0.2) is 0 Å². The third-order valence-corrected chi connectivity index (χ3v) is 3.49. The van der Waals surface area contributed by atoms with Crippen LogP contribution in [0.15, 0.2) is 72.3 Å². The second-order valence-corrected chi connectivity index (χ2v) is 4.73. The summed E-state index contributed by atoms with van der Waals surface area (Å²) in [4.78, 5) is 0. The van der Waals surface area contributed by atoms with Crippen molar-refractivity contribution in [3.8, 4) is 0 Å². The van der Waals surface area contributed by atoms with Gasteiger partial charge in [-0.1, -0.05) is 0 Å². The summed E-state index contributed by atoms with van der Waals surface area (Å²) in [6.07, 6.45) is 6.12. The zero-order valence-corrected chi connectivity index (χ0v) is 10.5. The maximum atomic E-state index is 2.40. The molecule has 2 aromatic rings. The van der Waals surface area contributed by atoms with E-state index in [-0.39, 0.29) is 0 Å². The Bertz CT molecular complexity index is 483. The molecule has 0 atom stereocenters. The van der Waals surface area contributed by atoms with Crippen LogP contribution in [-0.2, 0) is 0 Å². The van der Waals surface area contributed by atoms with E-state index in [1.807, 2.05) is 0 Å². The highest BCUT2D eigenvalue weighted by molar-refractivity contribution is 5.56. The number of allylic oxidation sites excluding steroid dienone is 2. The number of rotatable bonds is 3. The lowest BCUT2D eigenvalue weighted by Gasteiger charge is -2.13. The molecule has 0 N–H and O–H groups in total. The van der Waals surface area contributed by atoms with Crippen molar-refractivity contribution in [1.29, 1.82) is 0 Å². The summed E-state index contributed by atoms with van der Waals surface area (Å²) in [6, 6.07) is 21.5. The molecule has 0 unspecified atom stereocenters. The minimum atomic E-state index is 1.21. The largest absolute Gasteiger partial charge is 0.0646 e. The van der Waals surface area contributed by atoms with E-state index in [4.69, 9.17) is 0 Å². The molecule has 0 bridgehead atoms. The first kappa shape index (κ1) is 11.2. The van der Waals surface area contributed by atoms with Crippen LogP contribution in [0.5, 0.6) is 0 Å². The predicted molar refractivity (Wildman–Crippen MR) is 76.3 cm³/mol. The van der Waals surface area contributed by atoms with Gasteiger partial charge in [0.25, 0.3) is 0 Å². The Kier molecular flexibility index (Phi) is 3.18. The summed E-state index contributed by atoms with van der Waals surface area (Å²) in [5.74, 6) is 1.41. The lowest BCUT2D eigenvalue weighted by Crippen LogP contribution is -2.04. The fourth-order valence-corrected chi connectivity index (χ4v) is 2.65. The van der Waals surface area contributed by atoms with Crippen LogP contribution in [0.1, 0.15) is 30.4 Å². The van der Waals surface area contributed by atoms with Crippen molar-refractivity contribution in [2.24, 2.45) is 0 Å². The highest BCUT2D eigenvalue weighted by atomic mass is 14.2. The molecule has 0 amide bonds. The maximum Gasteiger partial charge on any atom is 0.0646 e. The number of benzene rings is 2. The van der Waals surface area contributed by atoms with Crippen LogP contribution >= 0.6 is 0 Å². The highest BCUT2D eigenvalue weighted by Gasteiger charge is 2.25. The Labute approximate surface area is 109 Å². The second kappa shape index (κ2) is 5.14. The third-order valence-electron chi connectivity index (χ3n) is 3.49. The molecule has 0 heterocycles. The molecule has 88 valence electrons. The Hall–Kier alpha value is -1.95. The van der Waals surface area contributed by atoms with Gasteiger partial charge in [-0.25, -0.2) is 0 Å². The second-order valence-electron chi connectivity index (χ2n) is 4.73. The van der Waals surface area contributed by atoms with Crippen molar-refractivity contribution in [2.45, 2.75) is 19.3 Å². The topological polar surface area (TPSA) is 0 Å². The van der Waals surface area contributed by atoms with Crippen LogP contribution in [0.2, 0.25) is 0 Å². The molecular weight excluding hydrogens is 216 g/mol. The standard InChI is InChI=1S/C18H17/c1-3-9-15(10-4-1)18(17-13-7-8-14-17)16-11-5-2-6-12-16/h1-6,9-13H,7-8,14H2/q+1. The van der Waals surface area contributed by atoms with Gasteiger partial charge in [0.2, 0.25) is 0 Å². The van der Waals surface area contributed by atoms with E-state index in [9.17, 15) is 0 Å². The van der Waals surface area contributed by atoms with Crippen LogP contribution < -0.4 is 0 Å². The Morgan fingerprint density at radius 2 is 1.28 bits per heavy atom. The van der Waals surface area contributed by atoms with Crippen molar-refractivity contribution < 1.29 is 0 Å². The van der Waals surface area contributed by atoms with Gasteiger partial charge >= 0.3 is 0 Å². The van der Waals surface area contributed by atoms with E-state index in [1.54, 1.807) is 0 Å². The normalized spacial score (nSPS) is 14.3. The average molecular weight is 233 g/mol. The van der Waals surface area contributed by atoms with E-state index >= 15 is 0 Å². The van der Waals surface area contributed by atoms with Crippen LogP contribution in [0, 0.1) is 5.92 Å². The molecule has 0 aliphatic heterocycles. The highest BCUT2D eigenvalue weighted by Crippen LogP contribution is 2.36. The molecule has 3 rings (SSSR count).